The van der Waals surface area contributed by atoms with Crippen molar-refractivity contribution in [3.8, 4) is 11.8 Å². The molecule has 0 radical (unpaired) electrons. The predicted molar refractivity (Wildman–Crippen MR) is 275 cm³/mol. The molecule has 16 nitrogen and oxygen atoms in total. The maximum atomic E-state index is 15.9. The number of alkyl halides is 8. The minimum atomic E-state index is -5.17. The number of carbonyl (C=O) groups excluding carboxylic acids is 4. The van der Waals surface area contributed by atoms with Gasteiger partial charge in [0.2, 0.25) is 17.7 Å². The van der Waals surface area contributed by atoms with Gasteiger partial charge in [0.15, 0.2) is 0 Å². The maximum Gasteiger partial charge on any atom is 0.396 e. The second kappa shape index (κ2) is 25.7. The zero-order valence-electron chi connectivity index (χ0n) is 44.6. The number of aromatic nitrogens is 1. The summed E-state index contributed by atoms with van der Waals surface area (Å²) in [6.45, 7) is 2.48. The van der Waals surface area contributed by atoms with Gasteiger partial charge in [-0.2, -0.15) is 35.1 Å². The van der Waals surface area contributed by atoms with Crippen molar-refractivity contribution >= 4 is 41.4 Å². The summed E-state index contributed by atoms with van der Waals surface area (Å²) in [5.74, 6) is -1.06. The average molecular weight is 1140 g/mol. The lowest BCUT2D eigenvalue weighted by molar-refractivity contribution is -0.222. The van der Waals surface area contributed by atoms with Crippen molar-refractivity contribution in [2.75, 3.05) is 37.7 Å². The number of nitrogens with one attached hydrogen (secondary N) is 4. The third kappa shape index (κ3) is 15.3. The molecule has 436 valence electrons. The molecular weight excluding hydrogens is 1070 g/mol. The Kier molecular flexibility index (Phi) is 20.1. The van der Waals surface area contributed by atoms with Gasteiger partial charge in [0.1, 0.15) is 29.5 Å². The van der Waals surface area contributed by atoms with E-state index in [-0.39, 0.29) is 12.0 Å². The maximum absolute atomic E-state index is 15.9. The van der Waals surface area contributed by atoms with E-state index in [0.29, 0.717) is 85.9 Å². The first-order valence-electron chi connectivity index (χ1n) is 25.6. The van der Waals surface area contributed by atoms with Crippen molar-refractivity contribution < 1.29 is 72.9 Å². The number of rotatable bonds is 21. The molecule has 1 aromatic heterocycles. The molecule has 2 bridgehead atoms. The summed E-state index contributed by atoms with van der Waals surface area (Å²) >= 11 is 0. The first-order chi connectivity index (χ1) is 37.4. The number of aliphatic imine (C=N–C) groups is 1. The van der Waals surface area contributed by atoms with Gasteiger partial charge in [-0.1, -0.05) is 30.9 Å². The summed E-state index contributed by atoms with van der Waals surface area (Å²) < 4.78 is 150. The Morgan fingerprint density at radius 2 is 1.41 bits per heavy atom. The molecule has 6 atom stereocenters. The quantitative estimate of drug-likeness (QED) is 0.0244. The van der Waals surface area contributed by atoms with E-state index in [4.69, 9.17) is 10.5 Å². The number of pyridine rings is 1. The first kappa shape index (κ1) is 62.4. The Hall–Kier alpha value is -6.82. The molecular formula is C54H64F10N10O6. The highest BCUT2D eigenvalue weighted by Crippen LogP contribution is 2.42. The van der Waals surface area contributed by atoms with E-state index in [1.165, 1.54) is 19.1 Å². The number of aliphatic hydroxyl groups is 1. The van der Waals surface area contributed by atoms with Crippen LogP contribution in [0.15, 0.2) is 65.8 Å². The van der Waals surface area contributed by atoms with E-state index < -0.39 is 120 Å². The minimum Gasteiger partial charge on any atom is -0.398 e. The summed E-state index contributed by atoms with van der Waals surface area (Å²) in [4.78, 5) is 65.2. The number of amides is 4. The van der Waals surface area contributed by atoms with E-state index >= 15 is 8.78 Å². The Morgan fingerprint density at radius 1 is 0.850 bits per heavy atom. The summed E-state index contributed by atoms with van der Waals surface area (Å²) in [7, 11) is 0. The van der Waals surface area contributed by atoms with Crippen LogP contribution in [0.25, 0.3) is 5.70 Å². The summed E-state index contributed by atoms with van der Waals surface area (Å²) in [6.07, 6.45) is -7.91. The molecule has 3 saturated heterocycles. The molecule has 7 N–H and O–H groups in total. The minimum absolute atomic E-state index is 0.305. The van der Waals surface area contributed by atoms with Gasteiger partial charge in [0.05, 0.1) is 42.2 Å². The van der Waals surface area contributed by atoms with Gasteiger partial charge in [0, 0.05) is 92.0 Å². The second-order valence-corrected chi connectivity index (χ2v) is 21.1. The van der Waals surface area contributed by atoms with Crippen molar-refractivity contribution in [1.82, 2.24) is 36.3 Å². The Labute approximate surface area is 455 Å². The fraction of sp³-hybridized carbons (Fsp3) is 0.519. The largest absolute Gasteiger partial charge is 0.398 e. The van der Waals surface area contributed by atoms with Gasteiger partial charge < -0.3 is 36.4 Å². The van der Waals surface area contributed by atoms with E-state index in [1.54, 1.807) is 18.3 Å². The van der Waals surface area contributed by atoms with Crippen LogP contribution in [-0.4, -0.2) is 144 Å². The molecule has 26 heteroatoms. The Bertz CT molecular complexity index is 2780. The summed E-state index contributed by atoms with van der Waals surface area (Å²) in [5, 5.41) is 19.0. The number of nitrogens with zero attached hydrogens (tertiary/aromatic N) is 5. The highest BCUT2D eigenvalue weighted by atomic mass is 19.4. The number of ether oxygens (including phenoxy) is 1. The Morgan fingerprint density at radius 3 is 1.91 bits per heavy atom. The number of fused-ring (bicyclic) bond motifs is 2. The van der Waals surface area contributed by atoms with Crippen LogP contribution in [0.4, 0.5) is 49.7 Å². The van der Waals surface area contributed by atoms with Crippen molar-refractivity contribution in [2.24, 2.45) is 21.6 Å². The van der Waals surface area contributed by atoms with Gasteiger partial charge >= 0.3 is 18.9 Å². The van der Waals surface area contributed by atoms with Crippen molar-refractivity contribution in [3.05, 3.63) is 100 Å². The van der Waals surface area contributed by atoms with Crippen LogP contribution in [-0.2, 0) is 36.9 Å². The smallest absolute Gasteiger partial charge is 0.396 e. The molecule has 4 heterocycles. The number of hydrogen-bond donors (Lipinski definition) is 6. The van der Waals surface area contributed by atoms with Crippen LogP contribution in [0.3, 0.4) is 0 Å². The number of piperazine rings is 1. The standard InChI is InChI=1S/C54H64F10N10O6/c1-7-45(77)70-46(51(3,4)53(59,60)61)48(78)69-42(20-32-11-8-31(9-12-32)10-13-33-14-17-44(67-23-33)72-24-35-15-16-36(25-72)74(35)37-28-80-29-37)43(76)27-73(71-49(79)47(68-30(2)75)52(5,6)54(62,63)64)26-38-39(55)21-34(22-40(38)56)41(65)18-19-66-50(57)58/h8-9,11-12,14,17-19,21-23,35-37,42-43,46-47,50,76H,7,15-16,20,24-29,65H2,1-6H3,(H,68,75)(H,69,78)(H,70,77)(H,71,79)/t35?,36?,42-,43-,46+,47+/m0/s1. The van der Waals surface area contributed by atoms with Gasteiger partial charge in [-0.25, -0.2) is 23.8 Å². The fourth-order valence-electron chi connectivity index (χ4n) is 9.49. The van der Waals surface area contributed by atoms with Crippen LogP contribution in [0, 0.1) is 34.3 Å². The molecule has 2 unspecified atom stereocenters. The van der Waals surface area contributed by atoms with Crippen LogP contribution < -0.4 is 32.0 Å². The van der Waals surface area contributed by atoms with Gasteiger partial charge in [-0.15, -0.1) is 0 Å². The lowest BCUT2D eigenvalue weighted by Crippen LogP contribution is -2.63. The fourth-order valence-corrected chi connectivity index (χ4v) is 9.49. The number of hydrogen-bond acceptors (Lipinski definition) is 12. The lowest BCUT2D eigenvalue weighted by Gasteiger charge is -2.47. The second-order valence-electron chi connectivity index (χ2n) is 21.1. The van der Waals surface area contributed by atoms with Crippen LogP contribution >= 0.6 is 0 Å². The predicted octanol–water partition coefficient (Wildman–Crippen LogP) is 5.90. The number of allylic oxidation sites excluding steroid dienone is 1. The lowest BCUT2D eigenvalue weighted by atomic mass is 9.82. The third-order valence-electron chi connectivity index (χ3n) is 14.6. The molecule has 2 aromatic carbocycles. The van der Waals surface area contributed by atoms with E-state index in [1.807, 2.05) is 17.4 Å². The molecule has 80 heavy (non-hydrogen) atoms. The molecule has 4 amide bonds. The molecule has 0 saturated carbocycles. The highest BCUT2D eigenvalue weighted by molar-refractivity contribution is 5.89. The van der Waals surface area contributed by atoms with Crippen molar-refractivity contribution in [2.45, 2.75) is 135 Å². The third-order valence-corrected chi connectivity index (χ3v) is 14.6. The van der Waals surface area contributed by atoms with Crippen molar-refractivity contribution in [1.29, 1.82) is 0 Å². The monoisotopic (exact) mass is 1140 g/mol. The van der Waals surface area contributed by atoms with E-state index in [0.717, 1.165) is 58.0 Å². The molecule has 3 aliphatic rings. The zero-order valence-corrected chi connectivity index (χ0v) is 44.6. The molecule has 3 aromatic rings. The molecule has 0 spiro atoms. The highest BCUT2D eigenvalue weighted by Gasteiger charge is 2.57. The average Bonchev–Trinajstić information content (AvgIpc) is 3.59. The number of halogens is 10. The van der Waals surface area contributed by atoms with Crippen molar-refractivity contribution in [3.63, 3.8) is 0 Å². The van der Waals surface area contributed by atoms with Gasteiger partial charge in [-0.3, -0.25) is 29.5 Å². The van der Waals surface area contributed by atoms with Gasteiger partial charge in [0.25, 0.3) is 5.91 Å². The van der Waals surface area contributed by atoms with Crippen LogP contribution in [0.1, 0.15) is 88.6 Å². The van der Waals surface area contributed by atoms with Crippen LogP contribution in [0.2, 0.25) is 0 Å². The molecule has 6 rings (SSSR count). The number of anilines is 1. The first-order valence-corrected chi connectivity index (χ1v) is 25.6. The summed E-state index contributed by atoms with van der Waals surface area (Å²) in [5.41, 5.74) is 1.54. The van der Waals surface area contributed by atoms with Gasteiger partial charge in [-0.05, 0) is 95.0 Å². The summed E-state index contributed by atoms with van der Waals surface area (Å²) in [6, 6.07) is 6.01. The molecule has 3 fully saturated rings. The van der Waals surface area contributed by atoms with E-state index in [9.17, 15) is 59.4 Å². The number of hydrazine groups is 1. The number of benzene rings is 2. The zero-order chi connectivity index (χ0) is 59.1. The van der Waals surface area contributed by atoms with E-state index in [2.05, 4.69) is 47.7 Å². The number of carbonyl (C=O) groups is 4. The molecule has 3 aliphatic heterocycles. The number of nitrogens with two attached hydrogens (primary N) is 1. The normalized spacial score (nSPS) is 19.0. The molecule has 0 aliphatic carbocycles. The van der Waals surface area contributed by atoms with Crippen LogP contribution in [0.5, 0.6) is 0 Å². The Balaban J connectivity index is 1.31. The number of aliphatic hydroxyl groups excluding tert-OH is 1. The topological polar surface area (TPSA) is 207 Å². The SMILES string of the molecule is CCC(=O)N[C@H](C(=O)N[C@@H](Cc1ccc(C#Cc2ccc(N3CC4CCC(C3)N4C3COC3)nc2)cc1)[C@@H](O)CN(Cc1c(F)cc(C(N)=CC=NC(F)F)cc1F)NC(=O)[C@@H](NC(C)=O)C(C)(C)C(F)(F)F)C(C)(C)C(F)(F)F.